The number of carboxylic acid groups (broad SMARTS) is 1. The number of aliphatic carboxylic acids is 1. The second kappa shape index (κ2) is 11.8. The number of nitrogens with zero attached hydrogens (tertiary/aromatic N) is 2. The molecule has 0 aromatic heterocycles. The van der Waals surface area contributed by atoms with E-state index in [1.807, 2.05) is 49.4 Å². The van der Waals surface area contributed by atoms with Crippen molar-refractivity contribution >= 4 is 23.0 Å². The van der Waals surface area contributed by atoms with Gasteiger partial charge in [0.15, 0.2) is 0 Å². The molecule has 2 aromatic rings. The molecule has 2 aliphatic rings. The van der Waals surface area contributed by atoms with Crippen molar-refractivity contribution in [3.05, 3.63) is 71.4 Å². The molecule has 2 N–H and O–H groups in total. The molecule has 3 atom stereocenters. The molecule has 1 saturated heterocycles. The summed E-state index contributed by atoms with van der Waals surface area (Å²) in [5, 5.41) is 38.8. The first-order valence-corrected chi connectivity index (χ1v) is 11.0. The summed E-state index contributed by atoms with van der Waals surface area (Å²) in [5.74, 6) is -2.41. The summed E-state index contributed by atoms with van der Waals surface area (Å²) < 4.78 is 0. The molecule has 2 aliphatic heterocycles. The van der Waals surface area contributed by atoms with Gasteiger partial charge in [0.2, 0.25) is 5.91 Å². The number of carboxylic acids is 1. The van der Waals surface area contributed by atoms with E-state index in [9.17, 15) is 25.1 Å². The molecule has 8 heteroatoms. The zero-order valence-electron chi connectivity index (χ0n) is 20.4. The number of nitriles is 1. The van der Waals surface area contributed by atoms with E-state index in [1.54, 1.807) is 13.8 Å². The first-order valence-electron chi connectivity index (χ1n) is 11.0. The van der Waals surface area contributed by atoms with Crippen LogP contribution in [-0.2, 0) is 9.59 Å². The number of aryl methyl sites for hydroxylation is 1. The smallest absolute Gasteiger partial charge is 0.543 e. The Labute approximate surface area is 227 Å². The van der Waals surface area contributed by atoms with Crippen molar-refractivity contribution in [3.63, 3.8) is 0 Å². The van der Waals surface area contributed by atoms with Crippen molar-refractivity contribution in [1.82, 2.24) is 4.90 Å². The van der Waals surface area contributed by atoms with Crippen molar-refractivity contribution in [1.29, 1.82) is 5.26 Å². The Balaban J connectivity index is 0.00000103. The number of carbonyl (C=O) groups excluding carboxylic acids is 2. The molecule has 0 radical (unpaired) electrons. The number of carbonyl (C=O) groups is 2. The largest absolute Gasteiger partial charge is 1.00 e. The maximum atomic E-state index is 12.5. The van der Waals surface area contributed by atoms with Crippen molar-refractivity contribution in [2.75, 3.05) is 6.61 Å². The molecule has 7 nitrogen and oxygen atoms in total. The Bertz CT molecular complexity index is 1230. The van der Waals surface area contributed by atoms with Crippen molar-refractivity contribution < 1.29 is 54.5 Å². The monoisotopic (exact) mass is 482 g/mol. The number of fused-ring (bicyclic) bond motifs is 1. The molecule has 0 aliphatic carbocycles. The molecule has 1 amide bonds. The van der Waals surface area contributed by atoms with Crippen LogP contribution < -0.4 is 34.7 Å². The van der Waals surface area contributed by atoms with Gasteiger partial charge >= 0.3 is 29.6 Å². The first kappa shape index (κ1) is 28.5. The Morgan fingerprint density at radius 3 is 2.49 bits per heavy atom. The summed E-state index contributed by atoms with van der Waals surface area (Å²) in [6.07, 6.45) is -0.520. The van der Waals surface area contributed by atoms with Crippen molar-refractivity contribution in [3.8, 4) is 17.2 Å². The van der Waals surface area contributed by atoms with Crippen LogP contribution in [0.1, 0.15) is 37.0 Å². The molecular weight excluding hydrogens is 455 g/mol. The van der Waals surface area contributed by atoms with Crippen LogP contribution >= 0.6 is 0 Å². The quantitative estimate of drug-likeness (QED) is 0.329. The first-order chi connectivity index (χ1) is 16.2. The third kappa shape index (κ3) is 5.27. The third-order valence-corrected chi connectivity index (χ3v) is 6.19. The molecule has 2 aromatic carbocycles. The number of aliphatic hydroxyl groups excluding tert-OH is 2. The molecule has 35 heavy (non-hydrogen) atoms. The fourth-order valence-electron chi connectivity index (χ4n) is 4.66. The van der Waals surface area contributed by atoms with E-state index in [0.29, 0.717) is 28.7 Å². The minimum Gasteiger partial charge on any atom is -0.543 e. The van der Waals surface area contributed by atoms with Crippen LogP contribution in [0.5, 0.6) is 0 Å². The molecule has 176 valence electrons. The van der Waals surface area contributed by atoms with Crippen LogP contribution in [0.3, 0.4) is 0 Å². The van der Waals surface area contributed by atoms with Gasteiger partial charge in [0, 0.05) is 6.61 Å². The van der Waals surface area contributed by atoms with E-state index in [4.69, 9.17) is 5.11 Å². The van der Waals surface area contributed by atoms with E-state index in [-0.39, 0.29) is 47.9 Å². The van der Waals surface area contributed by atoms with Crippen molar-refractivity contribution in [2.24, 2.45) is 5.92 Å². The van der Waals surface area contributed by atoms with Gasteiger partial charge in [0.1, 0.15) is 0 Å². The van der Waals surface area contributed by atoms with Crippen LogP contribution in [0.2, 0.25) is 0 Å². The topological polar surface area (TPSA) is 125 Å². The van der Waals surface area contributed by atoms with Gasteiger partial charge in [-0.1, -0.05) is 43.0 Å². The molecule has 0 saturated carbocycles. The maximum Gasteiger partial charge on any atom is 1.00 e. The molecule has 2 heterocycles. The van der Waals surface area contributed by atoms with Crippen LogP contribution in [0, 0.1) is 24.2 Å². The Hall–Kier alpha value is -2.73. The number of benzene rings is 2. The van der Waals surface area contributed by atoms with E-state index in [0.717, 1.165) is 16.7 Å². The summed E-state index contributed by atoms with van der Waals surface area (Å²) in [5.41, 5.74) is 4.73. The van der Waals surface area contributed by atoms with Crippen LogP contribution in [0.4, 0.5) is 0 Å². The fraction of sp³-hybridized carbons (Fsp3) is 0.296. The third-order valence-electron chi connectivity index (χ3n) is 6.19. The number of aliphatic hydroxyl groups is 2. The summed E-state index contributed by atoms with van der Waals surface area (Å²) in [6.45, 7) is 9.24. The van der Waals surface area contributed by atoms with Crippen LogP contribution in [-0.4, -0.2) is 45.7 Å². The van der Waals surface area contributed by atoms with Gasteiger partial charge in [-0.2, -0.15) is 5.26 Å². The molecular formula is C27H27N2NaO5. The van der Waals surface area contributed by atoms with Gasteiger partial charge in [0.25, 0.3) is 0 Å². The van der Waals surface area contributed by atoms with Gasteiger partial charge in [0.05, 0.1) is 41.4 Å². The maximum absolute atomic E-state index is 12.5. The van der Waals surface area contributed by atoms with Gasteiger partial charge in [-0.05, 0) is 66.6 Å². The molecule has 4 rings (SSSR count). The number of β-lactam (4-membered cyclic amide) rings is 1. The number of amides is 1. The molecule has 1 fully saturated rings. The summed E-state index contributed by atoms with van der Waals surface area (Å²) in [6, 6.07) is 14.7. The minimum atomic E-state index is -1.41. The number of rotatable bonds is 5. The number of hydrogen-bond acceptors (Lipinski definition) is 6. The second-order valence-corrected chi connectivity index (χ2v) is 8.34. The number of allylic oxidation sites excluding steroid dienone is 1. The molecule has 1 unspecified atom stereocenters. The second-order valence-electron chi connectivity index (χ2n) is 8.34. The summed E-state index contributed by atoms with van der Waals surface area (Å²) >= 11 is 0. The fourth-order valence-corrected chi connectivity index (χ4v) is 4.66. The standard InChI is InChI=1S/C25H22N2O4.C2H6O.Na/c1-13-8-9-16(10-19(13)18-7-5-4-6-17(18)14(2)12-26)20-11-21-22(15(3)28)24(29)27(21)23(20)25(30)31;1-2-3;/h4-10,15,21-22,28H,2,11H2,1,3H3,(H,30,31);3H,2H2,1H3;/q;;+1/p-1/t15-,21?,22-;;/m1../s1. The predicted molar refractivity (Wildman–Crippen MR) is 126 cm³/mol. The Morgan fingerprint density at radius 1 is 1.29 bits per heavy atom. The molecule has 0 spiro atoms. The Kier molecular flexibility index (Phi) is 9.61. The number of hydrogen-bond donors (Lipinski definition) is 2. The van der Waals surface area contributed by atoms with Gasteiger partial charge in [-0.3, -0.25) is 4.79 Å². The SMILES string of the molecule is C=C(C#N)c1ccccc1-c1cc(C2=C(C(=O)[O-])N3C(=O)[C@H]([C@@H](C)O)C3C2)ccc1C.CCO.[Na+]. The van der Waals surface area contributed by atoms with Gasteiger partial charge in [-0.15, -0.1) is 0 Å². The van der Waals surface area contributed by atoms with Crippen molar-refractivity contribution in [2.45, 2.75) is 39.3 Å². The van der Waals surface area contributed by atoms with Gasteiger partial charge < -0.3 is 25.0 Å². The van der Waals surface area contributed by atoms with E-state index >= 15 is 0 Å². The minimum absolute atomic E-state index is 0. The van der Waals surface area contributed by atoms with Crippen LogP contribution in [0.15, 0.2) is 54.7 Å². The Morgan fingerprint density at radius 2 is 1.91 bits per heavy atom. The average molecular weight is 483 g/mol. The normalized spacial score (nSPS) is 18.9. The predicted octanol–water partition coefficient (Wildman–Crippen LogP) is -0.726. The van der Waals surface area contributed by atoms with Crippen LogP contribution in [0.25, 0.3) is 22.3 Å². The van der Waals surface area contributed by atoms with E-state index in [2.05, 4.69) is 12.6 Å². The zero-order valence-corrected chi connectivity index (χ0v) is 22.4. The van der Waals surface area contributed by atoms with Gasteiger partial charge in [-0.25, -0.2) is 0 Å². The van der Waals surface area contributed by atoms with E-state index in [1.165, 1.54) is 4.90 Å². The molecule has 0 bridgehead atoms. The summed E-state index contributed by atoms with van der Waals surface area (Å²) in [4.78, 5) is 25.6. The zero-order chi connectivity index (χ0) is 25.2. The average Bonchev–Trinajstić information content (AvgIpc) is 3.14. The summed E-state index contributed by atoms with van der Waals surface area (Å²) in [7, 11) is 0. The van der Waals surface area contributed by atoms with E-state index < -0.39 is 23.9 Å².